The van der Waals surface area contributed by atoms with Gasteiger partial charge in [-0.1, -0.05) is 30.3 Å². The van der Waals surface area contributed by atoms with Gasteiger partial charge in [0, 0.05) is 11.5 Å². The van der Waals surface area contributed by atoms with E-state index in [-0.39, 0.29) is 16.9 Å². The third kappa shape index (κ3) is 2.92. The number of rotatable bonds is 2. The van der Waals surface area contributed by atoms with Crippen LogP contribution in [0.2, 0.25) is 0 Å². The summed E-state index contributed by atoms with van der Waals surface area (Å²) in [5.41, 5.74) is -0.980. The van der Waals surface area contributed by atoms with E-state index in [0.717, 1.165) is 16.8 Å². The van der Waals surface area contributed by atoms with Gasteiger partial charge in [0.05, 0.1) is 5.56 Å². The van der Waals surface area contributed by atoms with Crippen LogP contribution in [0.15, 0.2) is 69.9 Å². The van der Waals surface area contributed by atoms with Gasteiger partial charge in [-0.3, -0.25) is 0 Å². The molecule has 0 amide bonds. The van der Waals surface area contributed by atoms with Gasteiger partial charge in [0.1, 0.15) is 28.8 Å². The standard InChI is InChI=1S/C21H10FNO4/c22-18-9-14(7-5-13(18)11-23)26-20(24)17-10-16-15-4-2-1-3-12(15)6-8-19(16)27-21(17)25/h1-10H. The summed E-state index contributed by atoms with van der Waals surface area (Å²) in [4.78, 5) is 24.6. The second-order valence-corrected chi connectivity index (χ2v) is 5.79. The summed E-state index contributed by atoms with van der Waals surface area (Å²) in [5.74, 6) is -1.91. The Labute approximate surface area is 151 Å². The predicted molar refractivity (Wildman–Crippen MR) is 96.1 cm³/mol. The lowest BCUT2D eigenvalue weighted by Gasteiger charge is -2.06. The first-order valence-corrected chi connectivity index (χ1v) is 7.94. The largest absolute Gasteiger partial charge is 0.423 e. The Bertz CT molecular complexity index is 1320. The molecule has 0 fully saturated rings. The highest BCUT2D eigenvalue weighted by atomic mass is 19.1. The van der Waals surface area contributed by atoms with E-state index in [1.807, 2.05) is 30.3 Å². The average molecular weight is 359 g/mol. The van der Waals surface area contributed by atoms with Crippen molar-refractivity contribution in [1.82, 2.24) is 0 Å². The molecule has 6 heteroatoms. The number of carbonyl (C=O) groups is 1. The number of fused-ring (bicyclic) bond motifs is 3. The smallest absolute Gasteiger partial charge is 0.351 e. The maximum atomic E-state index is 13.7. The SMILES string of the molecule is N#Cc1ccc(OC(=O)c2cc3c(ccc4ccccc43)oc2=O)cc1F. The molecular weight excluding hydrogens is 349 g/mol. The van der Waals surface area contributed by atoms with E-state index in [1.165, 1.54) is 18.2 Å². The Balaban J connectivity index is 1.78. The molecule has 130 valence electrons. The van der Waals surface area contributed by atoms with Crippen molar-refractivity contribution in [3.05, 3.63) is 88.0 Å². The maximum Gasteiger partial charge on any atom is 0.351 e. The topological polar surface area (TPSA) is 80.3 Å². The second-order valence-electron chi connectivity index (χ2n) is 5.79. The fraction of sp³-hybridized carbons (Fsp3) is 0. The summed E-state index contributed by atoms with van der Waals surface area (Å²) in [6.45, 7) is 0. The van der Waals surface area contributed by atoms with Crippen molar-refractivity contribution in [2.75, 3.05) is 0 Å². The first-order valence-electron chi connectivity index (χ1n) is 7.94. The molecule has 0 atom stereocenters. The van der Waals surface area contributed by atoms with E-state index in [9.17, 15) is 14.0 Å². The number of hydrogen-bond donors (Lipinski definition) is 0. The molecule has 0 bridgehead atoms. The molecule has 0 aliphatic heterocycles. The molecular formula is C21H10FNO4. The number of esters is 1. The summed E-state index contributed by atoms with van der Waals surface area (Å²) < 4.78 is 24.0. The van der Waals surface area contributed by atoms with E-state index >= 15 is 0 Å². The number of carbonyl (C=O) groups excluding carboxylic acids is 1. The van der Waals surface area contributed by atoms with E-state index in [1.54, 1.807) is 12.1 Å². The Kier molecular flexibility index (Phi) is 3.90. The zero-order valence-electron chi connectivity index (χ0n) is 13.7. The van der Waals surface area contributed by atoms with Gasteiger partial charge in [-0.2, -0.15) is 5.26 Å². The van der Waals surface area contributed by atoms with Gasteiger partial charge in [0.2, 0.25) is 0 Å². The Morgan fingerprint density at radius 1 is 1.04 bits per heavy atom. The van der Waals surface area contributed by atoms with Crippen LogP contribution in [0.1, 0.15) is 15.9 Å². The van der Waals surface area contributed by atoms with Gasteiger partial charge >= 0.3 is 11.6 Å². The van der Waals surface area contributed by atoms with Crippen molar-refractivity contribution in [2.24, 2.45) is 0 Å². The van der Waals surface area contributed by atoms with Gasteiger partial charge in [-0.25, -0.2) is 14.0 Å². The Hall–Kier alpha value is -3.98. The van der Waals surface area contributed by atoms with Crippen LogP contribution >= 0.6 is 0 Å². The van der Waals surface area contributed by atoms with Crippen LogP contribution in [0, 0.1) is 17.1 Å². The van der Waals surface area contributed by atoms with Crippen molar-refractivity contribution < 1.29 is 18.3 Å². The normalized spacial score (nSPS) is 10.7. The maximum absolute atomic E-state index is 13.7. The molecule has 5 nitrogen and oxygen atoms in total. The summed E-state index contributed by atoms with van der Waals surface area (Å²) in [5, 5.41) is 11.1. The summed E-state index contributed by atoms with van der Waals surface area (Å²) in [7, 11) is 0. The molecule has 0 unspecified atom stereocenters. The third-order valence-electron chi connectivity index (χ3n) is 4.13. The fourth-order valence-electron chi connectivity index (χ4n) is 2.83. The van der Waals surface area contributed by atoms with Crippen molar-refractivity contribution in [1.29, 1.82) is 5.26 Å². The van der Waals surface area contributed by atoms with Crippen LogP contribution in [-0.2, 0) is 0 Å². The van der Waals surface area contributed by atoms with Crippen LogP contribution in [-0.4, -0.2) is 5.97 Å². The highest BCUT2D eigenvalue weighted by molar-refractivity contribution is 6.07. The van der Waals surface area contributed by atoms with Crippen molar-refractivity contribution in [3.63, 3.8) is 0 Å². The number of benzene rings is 3. The molecule has 1 aromatic heterocycles. The highest BCUT2D eigenvalue weighted by Gasteiger charge is 2.18. The van der Waals surface area contributed by atoms with E-state index in [2.05, 4.69) is 0 Å². The first-order chi connectivity index (χ1) is 13.1. The van der Waals surface area contributed by atoms with Gasteiger partial charge in [0.15, 0.2) is 0 Å². The third-order valence-corrected chi connectivity index (χ3v) is 4.13. The zero-order valence-corrected chi connectivity index (χ0v) is 13.7. The number of ether oxygens (including phenoxy) is 1. The van der Waals surface area contributed by atoms with E-state index in [4.69, 9.17) is 14.4 Å². The number of halogens is 1. The minimum Gasteiger partial charge on any atom is -0.423 e. The van der Waals surface area contributed by atoms with E-state index in [0.29, 0.717) is 11.0 Å². The molecule has 0 spiro atoms. The van der Waals surface area contributed by atoms with Crippen LogP contribution < -0.4 is 10.4 Å². The van der Waals surface area contributed by atoms with Gasteiger partial charge < -0.3 is 9.15 Å². The predicted octanol–water partition coefficient (Wildman–Crippen LogP) is 4.18. The zero-order chi connectivity index (χ0) is 19.0. The second kappa shape index (κ2) is 6.39. The fourth-order valence-corrected chi connectivity index (χ4v) is 2.83. The number of nitrogens with zero attached hydrogens (tertiary/aromatic N) is 1. The molecule has 4 rings (SSSR count). The van der Waals surface area contributed by atoms with Crippen molar-refractivity contribution >= 4 is 27.7 Å². The molecule has 3 aromatic carbocycles. The van der Waals surface area contributed by atoms with Crippen LogP contribution in [0.4, 0.5) is 4.39 Å². The lowest BCUT2D eigenvalue weighted by Crippen LogP contribution is -2.18. The molecule has 0 aliphatic rings. The van der Waals surface area contributed by atoms with Crippen LogP contribution in [0.5, 0.6) is 5.75 Å². The summed E-state index contributed by atoms with van der Waals surface area (Å²) in [6, 6.07) is 17.4. The first kappa shape index (κ1) is 16.5. The minimum absolute atomic E-state index is 0.117. The number of nitriles is 1. The van der Waals surface area contributed by atoms with Crippen LogP contribution in [0.25, 0.3) is 21.7 Å². The number of hydrogen-bond acceptors (Lipinski definition) is 5. The lowest BCUT2D eigenvalue weighted by molar-refractivity contribution is 0.0730. The summed E-state index contributed by atoms with van der Waals surface area (Å²) in [6.07, 6.45) is 0. The molecule has 27 heavy (non-hydrogen) atoms. The van der Waals surface area contributed by atoms with Crippen LogP contribution in [0.3, 0.4) is 0 Å². The molecule has 0 radical (unpaired) electrons. The lowest BCUT2D eigenvalue weighted by atomic mass is 10.0. The van der Waals surface area contributed by atoms with Gasteiger partial charge in [-0.15, -0.1) is 0 Å². The Morgan fingerprint density at radius 3 is 2.63 bits per heavy atom. The quantitative estimate of drug-likeness (QED) is 0.232. The Morgan fingerprint density at radius 2 is 1.85 bits per heavy atom. The molecule has 0 saturated heterocycles. The molecule has 0 aliphatic carbocycles. The molecule has 0 N–H and O–H groups in total. The van der Waals surface area contributed by atoms with Crippen molar-refractivity contribution in [2.45, 2.75) is 0 Å². The highest BCUT2D eigenvalue weighted by Crippen LogP contribution is 2.25. The monoisotopic (exact) mass is 359 g/mol. The summed E-state index contributed by atoms with van der Waals surface area (Å²) >= 11 is 0. The average Bonchev–Trinajstić information content (AvgIpc) is 2.67. The van der Waals surface area contributed by atoms with Gasteiger partial charge in [-0.05, 0) is 35.0 Å². The van der Waals surface area contributed by atoms with E-state index < -0.39 is 17.4 Å². The van der Waals surface area contributed by atoms with Crippen molar-refractivity contribution in [3.8, 4) is 11.8 Å². The van der Waals surface area contributed by atoms with Gasteiger partial charge in [0.25, 0.3) is 0 Å². The molecule has 1 heterocycles. The molecule has 0 saturated carbocycles. The minimum atomic E-state index is -0.970. The molecule has 4 aromatic rings.